The van der Waals surface area contributed by atoms with Gasteiger partial charge in [0.25, 0.3) is 5.88 Å². The molecule has 0 fully saturated rings. The van der Waals surface area contributed by atoms with E-state index in [9.17, 15) is 17.5 Å². The van der Waals surface area contributed by atoms with Crippen molar-refractivity contribution in [1.82, 2.24) is 0 Å². The molecule has 0 aromatic carbocycles. The molecule has 0 aromatic heterocycles. The SMILES string of the molecule is CC.O=S([O-])[N+]1=S(=O)([O-])C1. The summed E-state index contributed by atoms with van der Waals surface area (Å²) in [5.74, 6) is -0.358. The highest BCUT2D eigenvalue weighted by Gasteiger charge is 2.32. The molecule has 62 valence electrons. The Bertz CT molecular complexity index is 251. The van der Waals surface area contributed by atoms with Crippen molar-refractivity contribution in [2.45, 2.75) is 13.8 Å². The molecular formula is C3H8NO4S2-. The molecule has 0 aliphatic carbocycles. The van der Waals surface area contributed by atoms with Gasteiger partial charge in [0, 0.05) is 0 Å². The molecule has 2 atom stereocenters. The molecule has 1 rings (SSSR count). The summed E-state index contributed by atoms with van der Waals surface area (Å²) in [6.45, 7) is 4.00. The summed E-state index contributed by atoms with van der Waals surface area (Å²) in [6, 6.07) is 0. The van der Waals surface area contributed by atoms with Crippen LogP contribution in [0.4, 0.5) is 0 Å². The van der Waals surface area contributed by atoms with Gasteiger partial charge in [-0.25, -0.2) is 8.42 Å². The molecular weight excluding hydrogens is 178 g/mol. The molecule has 0 saturated carbocycles. The second-order valence-electron chi connectivity index (χ2n) is 1.26. The first-order valence-electron chi connectivity index (χ1n) is 2.64. The van der Waals surface area contributed by atoms with Crippen molar-refractivity contribution in [3.63, 3.8) is 0 Å². The molecule has 0 saturated heterocycles. The van der Waals surface area contributed by atoms with Crippen molar-refractivity contribution in [2.75, 3.05) is 5.88 Å². The van der Waals surface area contributed by atoms with Gasteiger partial charge in [-0.3, -0.25) is 0 Å². The summed E-state index contributed by atoms with van der Waals surface area (Å²) in [5, 5.41) is 0. The fourth-order valence-electron chi connectivity index (χ4n) is 0.245. The molecule has 7 heteroatoms. The average molecular weight is 186 g/mol. The Hall–Kier alpha value is 0.0200. The number of hydrogen-bond donors (Lipinski definition) is 0. The maximum absolute atomic E-state index is 10.0. The highest BCUT2D eigenvalue weighted by Crippen LogP contribution is 2.08. The van der Waals surface area contributed by atoms with Crippen LogP contribution in [-0.2, 0) is 21.3 Å². The maximum Gasteiger partial charge on any atom is 0.273 e. The van der Waals surface area contributed by atoms with Gasteiger partial charge in [-0.15, -0.1) is 0 Å². The van der Waals surface area contributed by atoms with Crippen LogP contribution >= 0.6 is 0 Å². The van der Waals surface area contributed by atoms with Crippen molar-refractivity contribution in [3.8, 4) is 0 Å². The van der Waals surface area contributed by atoms with E-state index in [1.54, 1.807) is 0 Å². The van der Waals surface area contributed by atoms with Gasteiger partial charge in [0.2, 0.25) is 11.3 Å². The Morgan fingerprint density at radius 3 is 1.90 bits per heavy atom. The minimum absolute atomic E-state index is 0.358. The first-order chi connectivity index (χ1) is 4.54. The zero-order valence-corrected chi connectivity index (χ0v) is 7.24. The summed E-state index contributed by atoms with van der Waals surface area (Å²) in [7, 11) is -3.34. The fraction of sp³-hybridized carbons (Fsp3) is 1.00. The van der Waals surface area contributed by atoms with Gasteiger partial charge in [-0.2, -0.15) is 0 Å². The van der Waals surface area contributed by atoms with Crippen molar-refractivity contribution in [2.24, 2.45) is 0 Å². The summed E-state index contributed by atoms with van der Waals surface area (Å²) in [6.07, 6.45) is 0. The third-order valence-electron chi connectivity index (χ3n) is 0.672. The third-order valence-corrected chi connectivity index (χ3v) is 3.38. The van der Waals surface area contributed by atoms with Crippen LogP contribution in [0.25, 0.3) is 0 Å². The van der Waals surface area contributed by atoms with Crippen LogP contribution in [0.2, 0.25) is 0 Å². The van der Waals surface area contributed by atoms with Crippen molar-refractivity contribution in [3.05, 3.63) is 0 Å². The summed E-state index contributed by atoms with van der Waals surface area (Å²) < 4.78 is 39.9. The molecule has 0 N–H and O–H groups in total. The van der Waals surface area contributed by atoms with Gasteiger partial charge in [-0.05, 0) is 0 Å². The molecule has 0 aromatic rings. The average Bonchev–Trinajstić information content (AvgIpc) is 2.46. The molecule has 0 spiro atoms. The summed E-state index contributed by atoms with van der Waals surface area (Å²) in [4.78, 5) is 0. The number of nitrogens with zero attached hydrogens (tertiary/aromatic N) is 1. The van der Waals surface area contributed by atoms with Crippen LogP contribution in [0, 0.1) is 0 Å². The van der Waals surface area contributed by atoms with Crippen molar-refractivity contribution >= 4 is 21.3 Å². The van der Waals surface area contributed by atoms with Gasteiger partial charge in [0.15, 0.2) is 10.0 Å². The third kappa shape index (κ3) is 2.33. The largest absolute Gasteiger partial charge is 0.724 e. The lowest BCUT2D eigenvalue weighted by molar-refractivity contribution is -0.257. The molecule has 1 aliphatic rings. The van der Waals surface area contributed by atoms with Crippen molar-refractivity contribution < 1.29 is 20.9 Å². The van der Waals surface area contributed by atoms with Crippen LogP contribution in [0.5, 0.6) is 0 Å². The quantitative estimate of drug-likeness (QED) is 0.404. The molecule has 5 nitrogen and oxygen atoms in total. The van der Waals surface area contributed by atoms with Gasteiger partial charge in [0.05, 0.1) is 0 Å². The zero-order valence-electron chi connectivity index (χ0n) is 5.60. The molecule has 0 bridgehead atoms. The lowest BCUT2D eigenvalue weighted by Gasteiger charge is -1.84. The van der Waals surface area contributed by atoms with E-state index in [2.05, 4.69) is 0 Å². The first-order valence-corrected chi connectivity index (χ1v) is 5.28. The number of rotatable bonds is 1. The highest BCUT2D eigenvalue weighted by atomic mass is 32.3. The summed E-state index contributed by atoms with van der Waals surface area (Å²) in [5.41, 5.74) is 0. The van der Waals surface area contributed by atoms with Crippen LogP contribution < -0.4 is 0 Å². The second kappa shape index (κ2) is 3.42. The van der Waals surface area contributed by atoms with E-state index in [0.717, 1.165) is 0 Å². The molecule has 0 radical (unpaired) electrons. The van der Waals surface area contributed by atoms with E-state index in [1.807, 2.05) is 13.8 Å². The van der Waals surface area contributed by atoms with E-state index in [0.29, 0.717) is 3.35 Å². The minimum atomic E-state index is -3.34. The first kappa shape index (κ1) is 10.0. The second-order valence-corrected chi connectivity index (χ2v) is 4.23. The summed E-state index contributed by atoms with van der Waals surface area (Å²) >= 11 is -2.58. The van der Waals surface area contributed by atoms with Crippen LogP contribution in [0.15, 0.2) is 0 Å². The van der Waals surface area contributed by atoms with E-state index in [-0.39, 0.29) is 5.88 Å². The molecule has 10 heavy (non-hydrogen) atoms. The van der Waals surface area contributed by atoms with E-state index < -0.39 is 21.3 Å². The normalized spacial score (nSPS) is 32.2. The molecule has 2 unspecified atom stereocenters. The fourth-order valence-corrected chi connectivity index (χ4v) is 2.21. The lowest BCUT2D eigenvalue weighted by Crippen LogP contribution is -1.94. The van der Waals surface area contributed by atoms with Crippen LogP contribution in [0.3, 0.4) is 0 Å². The van der Waals surface area contributed by atoms with Crippen LogP contribution in [0.1, 0.15) is 13.8 Å². The van der Waals surface area contributed by atoms with Gasteiger partial charge < -0.3 is 9.11 Å². The molecule has 1 heterocycles. The Labute approximate surface area is 62.5 Å². The van der Waals surface area contributed by atoms with Crippen LogP contribution in [-0.4, -0.2) is 26.8 Å². The van der Waals surface area contributed by atoms with E-state index in [1.165, 1.54) is 0 Å². The zero-order chi connectivity index (χ0) is 8.36. The number of hydrogen-bond acceptors (Lipinski definition) is 4. The van der Waals surface area contributed by atoms with E-state index in [4.69, 9.17) is 0 Å². The molecule has 1 aliphatic heterocycles. The standard InChI is InChI=1S/C2H6.CH3NO4S2/c1-2;3-7(4)2-1-8(2,5)6/h1-2H3;1H2,(H,3,4)/p-1. The van der Waals surface area contributed by atoms with Crippen molar-refractivity contribution in [1.29, 1.82) is 0 Å². The Morgan fingerprint density at radius 1 is 1.60 bits per heavy atom. The Morgan fingerprint density at radius 2 is 1.90 bits per heavy atom. The minimum Gasteiger partial charge on any atom is -0.724 e. The monoisotopic (exact) mass is 186 g/mol. The van der Waals surface area contributed by atoms with Gasteiger partial charge >= 0.3 is 0 Å². The van der Waals surface area contributed by atoms with E-state index >= 15 is 0 Å². The van der Waals surface area contributed by atoms with Gasteiger partial charge in [0.1, 0.15) is 0 Å². The Balaban J connectivity index is 0.000000371. The van der Waals surface area contributed by atoms with Gasteiger partial charge in [-0.1, -0.05) is 17.2 Å². The Kier molecular flexibility index (Phi) is 3.43. The highest BCUT2D eigenvalue weighted by molar-refractivity contribution is 7.94. The predicted octanol–water partition coefficient (Wildman–Crippen LogP) is -0.611. The smallest absolute Gasteiger partial charge is 0.273 e. The topological polar surface area (TPSA) is 83.3 Å². The maximum atomic E-state index is 10.0. The lowest BCUT2D eigenvalue weighted by atomic mass is 11.0. The molecule has 0 amide bonds. The predicted molar refractivity (Wildman–Crippen MR) is 34.3 cm³/mol.